The van der Waals surface area contributed by atoms with Crippen LogP contribution in [-0.2, 0) is 6.54 Å². The number of rotatable bonds is 6. The molecule has 5 nitrogen and oxygen atoms in total. The summed E-state index contributed by atoms with van der Waals surface area (Å²) in [4.78, 5) is 24.0. The van der Waals surface area contributed by atoms with E-state index in [9.17, 15) is 4.79 Å². The van der Waals surface area contributed by atoms with E-state index in [1.807, 2.05) is 61.5 Å². The Kier molecular flexibility index (Phi) is 5.87. The van der Waals surface area contributed by atoms with Gasteiger partial charge >= 0.3 is 0 Å². The van der Waals surface area contributed by atoms with Gasteiger partial charge in [-0.15, -0.1) is 0 Å². The highest BCUT2D eigenvalue weighted by Gasteiger charge is 2.22. The summed E-state index contributed by atoms with van der Waals surface area (Å²) in [6.45, 7) is 2.88. The number of para-hydroxylation sites is 1. The van der Waals surface area contributed by atoms with Crippen molar-refractivity contribution >= 4 is 48.5 Å². The number of halogens is 1. The van der Waals surface area contributed by atoms with Crippen LogP contribution in [0.25, 0.3) is 10.2 Å². The highest BCUT2D eigenvalue weighted by atomic mass is 79.9. The molecule has 1 amide bonds. The molecule has 29 heavy (non-hydrogen) atoms. The quantitative estimate of drug-likeness (QED) is 0.364. The maximum atomic E-state index is 13.4. The van der Waals surface area contributed by atoms with Crippen LogP contribution in [0.15, 0.2) is 71.5 Å². The third kappa shape index (κ3) is 4.31. The number of fused-ring (bicyclic) bond motifs is 1. The molecule has 0 aliphatic heterocycles. The molecule has 0 aliphatic rings. The molecule has 4 rings (SSSR count). The zero-order valence-electron chi connectivity index (χ0n) is 15.7. The standard InChI is InChI=1S/C22H18BrN3O2S/c1-2-28-18-6-3-7-19-20(18)25-22(29-19)26(14-15-5-4-12-24-13-15)21(27)16-8-10-17(23)11-9-16/h3-13H,2,14H2,1H3. The van der Waals surface area contributed by atoms with Gasteiger partial charge in [-0.25, -0.2) is 4.98 Å². The van der Waals surface area contributed by atoms with Gasteiger partial charge in [0.05, 0.1) is 17.9 Å². The molecule has 2 heterocycles. The Balaban J connectivity index is 1.77. The van der Waals surface area contributed by atoms with Crippen molar-refractivity contribution in [2.45, 2.75) is 13.5 Å². The summed E-state index contributed by atoms with van der Waals surface area (Å²) in [7, 11) is 0. The van der Waals surface area contributed by atoms with Crippen LogP contribution in [0.2, 0.25) is 0 Å². The summed E-state index contributed by atoms with van der Waals surface area (Å²) in [6, 6.07) is 17.0. The van der Waals surface area contributed by atoms with Gasteiger partial charge in [0, 0.05) is 22.4 Å². The van der Waals surface area contributed by atoms with Gasteiger partial charge in [-0.2, -0.15) is 0 Å². The molecule has 146 valence electrons. The number of ether oxygens (including phenoxy) is 1. The van der Waals surface area contributed by atoms with Gasteiger partial charge in [-0.3, -0.25) is 14.7 Å². The minimum atomic E-state index is -0.113. The summed E-state index contributed by atoms with van der Waals surface area (Å²) in [5.41, 5.74) is 2.30. The smallest absolute Gasteiger partial charge is 0.260 e. The molecular weight excluding hydrogens is 450 g/mol. The lowest BCUT2D eigenvalue weighted by Gasteiger charge is -2.20. The van der Waals surface area contributed by atoms with E-state index < -0.39 is 0 Å². The average molecular weight is 468 g/mol. The van der Waals surface area contributed by atoms with Crippen molar-refractivity contribution in [3.63, 3.8) is 0 Å². The predicted octanol–water partition coefficient (Wildman–Crippen LogP) is 5.70. The van der Waals surface area contributed by atoms with Crippen molar-refractivity contribution in [2.75, 3.05) is 11.5 Å². The van der Waals surface area contributed by atoms with Crippen LogP contribution in [0.1, 0.15) is 22.8 Å². The van der Waals surface area contributed by atoms with Crippen LogP contribution in [0, 0.1) is 0 Å². The fourth-order valence-electron chi connectivity index (χ4n) is 2.95. The van der Waals surface area contributed by atoms with Crippen molar-refractivity contribution < 1.29 is 9.53 Å². The van der Waals surface area contributed by atoms with Crippen molar-refractivity contribution in [1.82, 2.24) is 9.97 Å². The number of aromatic nitrogens is 2. The molecule has 4 aromatic rings. The Morgan fingerprint density at radius 3 is 2.69 bits per heavy atom. The van der Waals surface area contributed by atoms with Crippen LogP contribution in [-0.4, -0.2) is 22.5 Å². The van der Waals surface area contributed by atoms with Gasteiger partial charge in [0.25, 0.3) is 5.91 Å². The molecule has 0 saturated carbocycles. The monoisotopic (exact) mass is 467 g/mol. The molecule has 0 atom stereocenters. The number of pyridine rings is 1. The zero-order chi connectivity index (χ0) is 20.2. The van der Waals surface area contributed by atoms with Gasteiger partial charge < -0.3 is 4.74 Å². The van der Waals surface area contributed by atoms with Crippen LogP contribution >= 0.6 is 27.3 Å². The summed E-state index contributed by atoms with van der Waals surface area (Å²) in [5.74, 6) is 0.614. The summed E-state index contributed by atoms with van der Waals surface area (Å²) >= 11 is 4.89. The second-order valence-corrected chi connectivity index (χ2v) is 8.22. The molecule has 0 fully saturated rings. The molecule has 0 N–H and O–H groups in total. The number of hydrogen-bond donors (Lipinski definition) is 0. The molecule has 2 aromatic carbocycles. The lowest BCUT2D eigenvalue weighted by molar-refractivity contribution is 0.0985. The summed E-state index contributed by atoms with van der Waals surface area (Å²) in [6.07, 6.45) is 3.48. The normalized spacial score (nSPS) is 10.8. The minimum absolute atomic E-state index is 0.113. The average Bonchev–Trinajstić information content (AvgIpc) is 3.18. The number of thiazole rings is 1. The number of anilines is 1. The number of hydrogen-bond acceptors (Lipinski definition) is 5. The molecule has 0 radical (unpaired) electrons. The van der Waals surface area contributed by atoms with Gasteiger partial charge in [-0.05, 0) is 55.0 Å². The summed E-state index contributed by atoms with van der Waals surface area (Å²) in [5, 5.41) is 0.629. The maximum absolute atomic E-state index is 13.4. The first kappa shape index (κ1) is 19.5. The van der Waals surface area contributed by atoms with E-state index in [4.69, 9.17) is 9.72 Å². The second kappa shape index (κ2) is 8.71. The van der Waals surface area contributed by atoms with E-state index in [2.05, 4.69) is 20.9 Å². The fraction of sp³-hybridized carbons (Fsp3) is 0.136. The Morgan fingerprint density at radius 1 is 1.14 bits per heavy atom. The van der Waals surface area contributed by atoms with Crippen molar-refractivity contribution in [1.29, 1.82) is 0 Å². The molecule has 0 spiro atoms. The molecule has 0 aliphatic carbocycles. The number of carbonyl (C=O) groups is 1. The molecule has 0 unspecified atom stereocenters. The van der Waals surface area contributed by atoms with Crippen LogP contribution < -0.4 is 9.64 Å². The molecule has 0 bridgehead atoms. The van der Waals surface area contributed by atoms with Crippen LogP contribution in [0.5, 0.6) is 5.75 Å². The number of carbonyl (C=O) groups excluding carboxylic acids is 1. The van der Waals surface area contributed by atoms with E-state index in [0.717, 1.165) is 26.0 Å². The lowest BCUT2D eigenvalue weighted by Crippen LogP contribution is -2.30. The lowest BCUT2D eigenvalue weighted by atomic mass is 10.2. The van der Waals surface area contributed by atoms with Gasteiger partial charge in [0.1, 0.15) is 11.3 Å². The van der Waals surface area contributed by atoms with Gasteiger partial charge in [0.2, 0.25) is 0 Å². The van der Waals surface area contributed by atoms with E-state index in [-0.39, 0.29) is 5.91 Å². The predicted molar refractivity (Wildman–Crippen MR) is 120 cm³/mol. The second-order valence-electron chi connectivity index (χ2n) is 6.29. The maximum Gasteiger partial charge on any atom is 0.260 e. The Bertz CT molecular complexity index is 1130. The largest absolute Gasteiger partial charge is 0.492 e. The minimum Gasteiger partial charge on any atom is -0.492 e. The number of nitrogens with zero attached hydrogens (tertiary/aromatic N) is 3. The third-order valence-electron chi connectivity index (χ3n) is 4.30. The highest BCUT2D eigenvalue weighted by Crippen LogP contribution is 2.35. The highest BCUT2D eigenvalue weighted by molar-refractivity contribution is 9.10. The topological polar surface area (TPSA) is 55.3 Å². The van der Waals surface area contributed by atoms with Crippen molar-refractivity contribution in [2.24, 2.45) is 0 Å². The molecule has 2 aromatic heterocycles. The molecule has 0 saturated heterocycles. The fourth-order valence-corrected chi connectivity index (χ4v) is 4.19. The Labute approximate surface area is 181 Å². The first-order valence-corrected chi connectivity index (χ1v) is 10.8. The summed E-state index contributed by atoms with van der Waals surface area (Å²) < 4.78 is 7.62. The third-order valence-corrected chi connectivity index (χ3v) is 5.87. The zero-order valence-corrected chi connectivity index (χ0v) is 18.1. The Morgan fingerprint density at radius 2 is 1.97 bits per heavy atom. The van der Waals surface area contributed by atoms with Crippen LogP contribution in [0.4, 0.5) is 5.13 Å². The SMILES string of the molecule is CCOc1cccc2sc(N(Cc3cccnc3)C(=O)c3ccc(Br)cc3)nc12. The molecular formula is C22H18BrN3O2S. The van der Waals surface area contributed by atoms with Crippen molar-refractivity contribution in [3.05, 3.63) is 82.6 Å². The first-order valence-electron chi connectivity index (χ1n) is 9.14. The van der Waals surface area contributed by atoms with Gasteiger partial charge in [0.15, 0.2) is 5.13 Å². The van der Waals surface area contributed by atoms with Gasteiger partial charge in [-0.1, -0.05) is 39.4 Å². The Hall–Kier alpha value is -2.77. The van der Waals surface area contributed by atoms with Crippen LogP contribution in [0.3, 0.4) is 0 Å². The molecule has 7 heteroatoms. The first-order chi connectivity index (χ1) is 14.2. The van der Waals surface area contributed by atoms with Crippen molar-refractivity contribution in [3.8, 4) is 5.75 Å². The van der Waals surface area contributed by atoms with E-state index in [0.29, 0.717) is 23.8 Å². The van der Waals surface area contributed by atoms with E-state index in [1.54, 1.807) is 17.3 Å². The number of benzene rings is 2. The van der Waals surface area contributed by atoms with E-state index in [1.165, 1.54) is 11.3 Å². The number of amides is 1. The van der Waals surface area contributed by atoms with E-state index >= 15 is 0 Å².